The van der Waals surface area contributed by atoms with E-state index in [1.54, 1.807) is 0 Å². The summed E-state index contributed by atoms with van der Waals surface area (Å²) in [6.45, 7) is 3.69. The number of nitrogens with zero attached hydrogens (tertiary/aromatic N) is 3. The highest BCUT2D eigenvalue weighted by molar-refractivity contribution is 5.78. The van der Waals surface area contributed by atoms with Crippen LogP contribution in [-0.2, 0) is 16.1 Å². The third-order valence-electron chi connectivity index (χ3n) is 4.90. The van der Waals surface area contributed by atoms with E-state index in [4.69, 9.17) is 10.1 Å². The second-order valence-electron chi connectivity index (χ2n) is 6.55. The van der Waals surface area contributed by atoms with Gasteiger partial charge in [-0.05, 0) is 44.7 Å². The smallest absolute Gasteiger partial charge is 0.303 e. The maximum absolute atomic E-state index is 12.6. The van der Waals surface area contributed by atoms with Gasteiger partial charge in [0.25, 0.3) is 0 Å². The average Bonchev–Trinajstić information content (AvgIpc) is 3.21. The Bertz CT molecular complexity index is 768. The van der Waals surface area contributed by atoms with E-state index in [9.17, 15) is 9.59 Å². The highest BCUT2D eigenvalue weighted by Crippen LogP contribution is 2.34. The maximum atomic E-state index is 12.6. The molecule has 1 aliphatic heterocycles. The van der Waals surface area contributed by atoms with Crippen LogP contribution in [0.4, 0.5) is 0 Å². The molecular formula is C19H25N3O3. The lowest BCUT2D eigenvalue weighted by Crippen LogP contribution is -2.31. The third-order valence-corrected chi connectivity index (χ3v) is 4.90. The summed E-state index contributed by atoms with van der Waals surface area (Å²) in [7, 11) is 0. The Balaban J connectivity index is 1.75. The fourth-order valence-electron chi connectivity index (χ4n) is 3.71. The molecule has 6 nitrogen and oxygen atoms in total. The fraction of sp³-hybridized carbons (Fsp3) is 0.526. The summed E-state index contributed by atoms with van der Waals surface area (Å²) in [4.78, 5) is 30.0. The van der Waals surface area contributed by atoms with Gasteiger partial charge in [0.1, 0.15) is 5.82 Å². The number of para-hydroxylation sites is 2. The number of aromatic nitrogens is 2. The normalized spacial score (nSPS) is 17.3. The number of rotatable bonds is 7. The van der Waals surface area contributed by atoms with Crippen LogP contribution >= 0.6 is 0 Å². The average molecular weight is 343 g/mol. The highest BCUT2D eigenvalue weighted by Gasteiger charge is 2.33. The molecule has 1 aromatic heterocycles. The summed E-state index contributed by atoms with van der Waals surface area (Å²) in [5.74, 6) is 0.283. The zero-order valence-corrected chi connectivity index (χ0v) is 14.6. The SMILES string of the molecule is CCn1c(C2CCCN2C(=O)CCCCC(=O)O)nc2ccccc21. The predicted octanol–water partition coefficient (Wildman–Crippen LogP) is 3.36. The van der Waals surface area contributed by atoms with Crippen molar-refractivity contribution in [3.05, 3.63) is 30.1 Å². The number of carboxylic acid groups (broad SMARTS) is 1. The summed E-state index contributed by atoms with van der Waals surface area (Å²) in [5, 5.41) is 8.70. The van der Waals surface area contributed by atoms with Crippen LogP contribution in [0.25, 0.3) is 11.0 Å². The first-order valence-corrected chi connectivity index (χ1v) is 9.08. The molecule has 6 heteroatoms. The van der Waals surface area contributed by atoms with E-state index in [0.717, 1.165) is 42.8 Å². The lowest BCUT2D eigenvalue weighted by Gasteiger charge is -2.25. The van der Waals surface area contributed by atoms with Crippen molar-refractivity contribution in [2.75, 3.05) is 6.54 Å². The quantitative estimate of drug-likeness (QED) is 0.782. The van der Waals surface area contributed by atoms with Crippen molar-refractivity contribution >= 4 is 22.9 Å². The van der Waals surface area contributed by atoms with Gasteiger partial charge in [0.15, 0.2) is 0 Å². The Kier molecular flexibility index (Phi) is 5.36. The molecule has 1 aromatic carbocycles. The number of carboxylic acids is 1. The Morgan fingerprint density at radius 2 is 2.00 bits per heavy atom. The Morgan fingerprint density at radius 3 is 2.76 bits per heavy atom. The number of likely N-dealkylation sites (tertiary alicyclic amines) is 1. The van der Waals surface area contributed by atoms with Gasteiger partial charge in [-0.1, -0.05) is 12.1 Å². The van der Waals surface area contributed by atoms with Gasteiger partial charge in [0.05, 0.1) is 17.1 Å². The van der Waals surface area contributed by atoms with E-state index in [2.05, 4.69) is 17.6 Å². The van der Waals surface area contributed by atoms with Crippen molar-refractivity contribution in [3.63, 3.8) is 0 Å². The molecule has 1 atom stereocenters. The number of benzene rings is 1. The van der Waals surface area contributed by atoms with Crippen molar-refractivity contribution in [3.8, 4) is 0 Å². The molecule has 25 heavy (non-hydrogen) atoms. The van der Waals surface area contributed by atoms with E-state index in [1.807, 2.05) is 23.1 Å². The summed E-state index contributed by atoms with van der Waals surface area (Å²) in [6.07, 6.45) is 3.63. The van der Waals surface area contributed by atoms with Crippen LogP contribution < -0.4 is 0 Å². The van der Waals surface area contributed by atoms with E-state index < -0.39 is 5.97 Å². The Hall–Kier alpha value is -2.37. The number of aryl methyl sites for hydroxylation is 1. The second kappa shape index (κ2) is 7.68. The van der Waals surface area contributed by atoms with E-state index in [-0.39, 0.29) is 18.4 Å². The van der Waals surface area contributed by atoms with Crippen LogP contribution in [0.15, 0.2) is 24.3 Å². The second-order valence-corrected chi connectivity index (χ2v) is 6.55. The minimum absolute atomic E-state index is 0.0272. The van der Waals surface area contributed by atoms with Gasteiger partial charge in [0.2, 0.25) is 5.91 Å². The minimum atomic E-state index is -0.803. The number of unbranched alkanes of at least 4 members (excludes halogenated alkanes) is 1. The molecule has 1 aliphatic rings. The minimum Gasteiger partial charge on any atom is -0.481 e. The molecule has 134 valence electrons. The van der Waals surface area contributed by atoms with Gasteiger partial charge in [-0.2, -0.15) is 0 Å². The number of amides is 1. The van der Waals surface area contributed by atoms with E-state index >= 15 is 0 Å². The van der Waals surface area contributed by atoms with Gasteiger partial charge >= 0.3 is 5.97 Å². The zero-order chi connectivity index (χ0) is 17.8. The van der Waals surface area contributed by atoms with Crippen molar-refractivity contribution in [1.29, 1.82) is 0 Å². The van der Waals surface area contributed by atoms with Gasteiger partial charge in [-0.25, -0.2) is 4.98 Å². The number of carbonyl (C=O) groups excluding carboxylic acids is 1. The Morgan fingerprint density at radius 1 is 1.24 bits per heavy atom. The largest absolute Gasteiger partial charge is 0.481 e. The fourth-order valence-corrected chi connectivity index (χ4v) is 3.71. The number of imidazole rings is 1. The first-order chi connectivity index (χ1) is 12.1. The standard InChI is InChI=1S/C19H25N3O3/c1-2-21-15-9-4-3-8-14(15)20-19(21)16-10-7-13-22(16)17(23)11-5-6-12-18(24)25/h3-4,8-9,16H,2,5-7,10-13H2,1H3,(H,24,25). The van der Waals surface area contributed by atoms with E-state index in [0.29, 0.717) is 19.3 Å². The van der Waals surface area contributed by atoms with Gasteiger partial charge in [0, 0.05) is 25.9 Å². The molecule has 1 saturated heterocycles. The zero-order valence-electron chi connectivity index (χ0n) is 14.6. The third kappa shape index (κ3) is 3.67. The number of carbonyl (C=O) groups is 2. The van der Waals surface area contributed by atoms with Crippen molar-refractivity contribution in [1.82, 2.24) is 14.5 Å². The summed E-state index contributed by atoms with van der Waals surface area (Å²) >= 11 is 0. The highest BCUT2D eigenvalue weighted by atomic mass is 16.4. The number of hydrogen-bond acceptors (Lipinski definition) is 3. The molecule has 1 N–H and O–H groups in total. The topological polar surface area (TPSA) is 75.4 Å². The Labute approximate surface area is 147 Å². The van der Waals surface area contributed by atoms with Gasteiger partial charge < -0.3 is 14.6 Å². The number of hydrogen-bond donors (Lipinski definition) is 1. The molecule has 1 unspecified atom stereocenters. The molecule has 0 aliphatic carbocycles. The van der Waals surface area contributed by atoms with Crippen LogP contribution in [0.2, 0.25) is 0 Å². The molecule has 1 amide bonds. The van der Waals surface area contributed by atoms with Crippen molar-refractivity contribution in [2.24, 2.45) is 0 Å². The molecule has 3 rings (SSSR count). The molecule has 0 radical (unpaired) electrons. The van der Waals surface area contributed by atoms with Crippen LogP contribution in [0.5, 0.6) is 0 Å². The van der Waals surface area contributed by atoms with Crippen LogP contribution in [0.3, 0.4) is 0 Å². The summed E-state index contributed by atoms with van der Waals surface area (Å²) in [5.41, 5.74) is 2.08. The van der Waals surface area contributed by atoms with Crippen LogP contribution in [-0.4, -0.2) is 38.0 Å². The lowest BCUT2D eigenvalue weighted by atomic mass is 10.1. The predicted molar refractivity (Wildman–Crippen MR) is 95.2 cm³/mol. The van der Waals surface area contributed by atoms with E-state index in [1.165, 1.54) is 0 Å². The molecule has 2 heterocycles. The van der Waals surface area contributed by atoms with Crippen molar-refractivity contribution < 1.29 is 14.7 Å². The molecule has 0 saturated carbocycles. The maximum Gasteiger partial charge on any atom is 0.303 e. The van der Waals surface area contributed by atoms with Gasteiger partial charge in [-0.3, -0.25) is 9.59 Å². The van der Waals surface area contributed by atoms with Crippen LogP contribution in [0, 0.1) is 0 Å². The van der Waals surface area contributed by atoms with Crippen molar-refractivity contribution in [2.45, 2.75) is 58.0 Å². The first kappa shape index (κ1) is 17.5. The summed E-state index contributed by atoms with van der Waals surface area (Å²) < 4.78 is 2.20. The molecule has 0 spiro atoms. The lowest BCUT2D eigenvalue weighted by molar-refractivity contribution is -0.137. The van der Waals surface area contributed by atoms with Gasteiger partial charge in [-0.15, -0.1) is 0 Å². The molecule has 1 fully saturated rings. The molecule has 0 bridgehead atoms. The first-order valence-electron chi connectivity index (χ1n) is 9.08. The summed E-state index contributed by atoms with van der Waals surface area (Å²) in [6, 6.07) is 8.11. The molecular weight excluding hydrogens is 318 g/mol. The van der Waals surface area contributed by atoms with Crippen LogP contribution in [0.1, 0.15) is 57.3 Å². The number of fused-ring (bicyclic) bond motifs is 1. The molecule has 2 aromatic rings. The monoisotopic (exact) mass is 343 g/mol. The number of aliphatic carboxylic acids is 1.